The van der Waals surface area contributed by atoms with E-state index in [-0.39, 0.29) is 18.4 Å². The number of aliphatic carboxylic acids is 1. The molecule has 4 nitrogen and oxygen atoms in total. The van der Waals surface area contributed by atoms with Gasteiger partial charge in [-0.2, -0.15) is 0 Å². The van der Waals surface area contributed by atoms with Gasteiger partial charge >= 0.3 is 5.97 Å². The van der Waals surface area contributed by atoms with Crippen molar-refractivity contribution in [3.05, 3.63) is 35.6 Å². The van der Waals surface area contributed by atoms with Gasteiger partial charge in [0.1, 0.15) is 5.82 Å². The van der Waals surface area contributed by atoms with Gasteiger partial charge < -0.3 is 5.11 Å². The molecule has 0 aliphatic carbocycles. The van der Waals surface area contributed by atoms with Crippen LogP contribution in [-0.4, -0.2) is 24.2 Å². The molecular formula is C13H17FO4S. The number of halogens is 1. The lowest BCUT2D eigenvalue weighted by Crippen LogP contribution is -2.46. The maximum absolute atomic E-state index is 13.5. The number of hydrogen-bond acceptors (Lipinski definition) is 3. The van der Waals surface area contributed by atoms with Crippen LogP contribution in [0.15, 0.2) is 24.3 Å². The highest BCUT2D eigenvalue weighted by Crippen LogP contribution is 2.30. The average molecular weight is 288 g/mol. The molecule has 1 aromatic carbocycles. The van der Waals surface area contributed by atoms with E-state index in [0.717, 1.165) is 6.07 Å². The van der Waals surface area contributed by atoms with E-state index in [1.165, 1.54) is 32.0 Å². The van der Waals surface area contributed by atoms with Crippen LogP contribution in [0.25, 0.3) is 0 Å². The Morgan fingerprint density at radius 1 is 1.26 bits per heavy atom. The summed E-state index contributed by atoms with van der Waals surface area (Å²) in [5.41, 5.74) is -0.00461. The van der Waals surface area contributed by atoms with Gasteiger partial charge in [-0.25, -0.2) is 12.8 Å². The third-order valence-electron chi connectivity index (χ3n) is 3.43. The third kappa shape index (κ3) is 2.78. The van der Waals surface area contributed by atoms with Gasteiger partial charge in [-0.05, 0) is 18.9 Å². The minimum atomic E-state index is -4.00. The Kier molecular flexibility index (Phi) is 4.68. The van der Waals surface area contributed by atoms with Crippen molar-refractivity contribution < 1.29 is 22.7 Å². The van der Waals surface area contributed by atoms with E-state index in [2.05, 4.69) is 0 Å². The summed E-state index contributed by atoms with van der Waals surface area (Å²) >= 11 is 0. The Balaban J connectivity index is 3.24. The summed E-state index contributed by atoms with van der Waals surface area (Å²) in [5.74, 6) is -2.63. The summed E-state index contributed by atoms with van der Waals surface area (Å²) in [6.45, 7) is 3.02. The van der Waals surface area contributed by atoms with Gasteiger partial charge in [0.2, 0.25) is 0 Å². The molecule has 1 rings (SSSR count). The summed E-state index contributed by atoms with van der Waals surface area (Å²) in [7, 11) is -4.00. The SMILES string of the molecule is CCC(CC)(C(=O)O)S(=O)(=O)Cc1ccccc1F. The van der Waals surface area contributed by atoms with Gasteiger partial charge in [0.25, 0.3) is 0 Å². The molecule has 0 fully saturated rings. The molecule has 0 aromatic heterocycles. The van der Waals surface area contributed by atoms with Gasteiger partial charge in [-0.3, -0.25) is 4.79 Å². The van der Waals surface area contributed by atoms with E-state index in [0.29, 0.717) is 0 Å². The van der Waals surface area contributed by atoms with E-state index >= 15 is 0 Å². The maximum atomic E-state index is 13.5. The van der Waals surface area contributed by atoms with E-state index in [1.54, 1.807) is 0 Å². The van der Waals surface area contributed by atoms with Crippen molar-refractivity contribution in [2.75, 3.05) is 0 Å². The lowest BCUT2D eigenvalue weighted by molar-refractivity contribution is -0.140. The molecule has 0 heterocycles. The first-order chi connectivity index (χ1) is 8.80. The first kappa shape index (κ1) is 15.6. The molecule has 19 heavy (non-hydrogen) atoms. The van der Waals surface area contributed by atoms with Crippen LogP contribution in [-0.2, 0) is 20.4 Å². The van der Waals surface area contributed by atoms with E-state index in [1.807, 2.05) is 0 Å². The lowest BCUT2D eigenvalue weighted by atomic mass is 10.0. The fourth-order valence-electron chi connectivity index (χ4n) is 2.08. The molecule has 0 unspecified atom stereocenters. The largest absolute Gasteiger partial charge is 0.480 e. The van der Waals surface area contributed by atoms with Crippen LogP contribution < -0.4 is 0 Å². The maximum Gasteiger partial charge on any atom is 0.325 e. The number of sulfone groups is 1. The van der Waals surface area contributed by atoms with Crippen molar-refractivity contribution in [1.29, 1.82) is 0 Å². The molecule has 0 amide bonds. The molecule has 0 saturated heterocycles. The van der Waals surface area contributed by atoms with E-state index < -0.39 is 32.1 Å². The number of carboxylic acid groups (broad SMARTS) is 1. The van der Waals surface area contributed by atoms with Crippen LogP contribution >= 0.6 is 0 Å². The normalized spacial score (nSPS) is 12.4. The van der Waals surface area contributed by atoms with Crippen LogP contribution in [0.1, 0.15) is 32.3 Å². The minimum Gasteiger partial charge on any atom is -0.480 e. The number of rotatable bonds is 6. The van der Waals surface area contributed by atoms with Crippen LogP contribution in [0.3, 0.4) is 0 Å². The van der Waals surface area contributed by atoms with Crippen LogP contribution in [0.5, 0.6) is 0 Å². The quantitative estimate of drug-likeness (QED) is 0.872. The third-order valence-corrected chi connectivity index (χ3v) is 6.06. The van der Waals surface area contributed by atoms with Crippen molar-refractivity contribution in [1.82, 2.24) is 0 Å². The molecule has 106 valence electrons. The van der Waals surface area contributed by atoms with Crippen LogP contribution in [0.2, 0.25) is 0 Å². The van der Waals surface area contributed by atoms with Crippen molar-refractivity contribution in [3.8, 4) is 0 Å². The molecule has 1 N–H and O–H groups in total. The van der Waals surface area contributed by atoms with Gasteiger partial charge in [-0.15, -0.1) is 0 Å². The topological polar surface area (TPSA) is 71.4 Å². The number of benzene rings is 1. The molecule has 1 aromatic rings. The summed E-state index contributed by atoms with van der Waals surface area (Å²) in [5, 5.41) is 9.23. The summed E-state index contributed by atoms with van der Waals surface area (Å²) in [4.78, 5) is 11.3. The minimum absolute atomic E-state index is 0.00461. The van der Waals surface area contributed by atoms with Crippen LogP contribution in [0.4, 0.5) is 4.39 Å². The van der Waals surface area contributed by atoms with Crippen molar-refractivity contribution >= 4 is 15.8 Å². The second-order valence-electron chi connectivity index (χ2n) is 4.36. The van der Waals surface area contributed by atoms with Crippen molar-refractivity contribution in [3.63, 3.8) is 0 Å². The predicted octanol–water partition coefficient (Wildman–Crippen LogP) is 2.38. The molecule has 0 aliphatic rings. The Morgan fingerprint density at radius 3 is 2.21 bits per heavy atom. The monoisotopic (exact) mass is 288 g/mol. The van der Waals surface area contributed by atoms with Gasteiger partial charge in [0, 0.05) is 5.56 Å². The number of carbonyl (C=O) groups is 1. The molecular weight excluding hydrogens is 271 g/mol. The highest BCUT2D eigenvalue weighted by atomic mass is 32.2. The Labute approximate surface area is 112 Å². The molecule has 6 heteroatoms. The first-order valence-electron chi connectivity index (χ1n) is 6.00. The predicted molar refractivity (Wildman–Crippen MR) is 70.0 cm³/mol. The summed E-state index contributed by atoms with van der Waals surface area (Å²) < 4.78 is 36.3. The first-order valence-corrected chi connectivity index (χ1v) is 7.65. The number of hydrogen-bond donors (Lipinski definition) is 1. The summed E-state index contributed by atoms with van der Waals surface area (Å²) in [6, 6.07) is 5.49. The standard InChI is InChI=1S/C13H17FO4S/c1-3-13(4-2,12(15)16)19(17,18)9-10-7-5-6-8-11(10)14/h5-8H,3-4,9H2,1-2H3,(H,15,16). The molecule has 0 spiro atoms. The highest BCUT2D eigenvalue weighted by Gasteiger charge is 2.47. The molecule has 0 atom stereocenters. The fourth-order valence-corrected chi connectivity index (χ4v) is 4.15. The van der Waals surface area contributed by atoms with Crippen molar-refractivity contribution in [2.45, 2.75) is 37.2 Å². The highest BCUT2D eigenvalue weighted by molar-refractivity contribution is 7.92. The smallest absolute Gasteiger partial charge is 0.325 e. The van der Waals surface area contributed by atoms with E-state index in [4.69, 9.17) is 0 Å². The molecule has 0 radical (unpaired) electrons. The molecule has 0 aliphatic heterocycles. The van der Waals surface area contributed by atoms with Gasteiger partial charge in [0.05, 0.1) is 5.75 Å². The van der Waals surface area contributed by atoms with Gasteiger partial charge in [-0.1, -0.05) is 32.0 Å². The Morgan fingerprint density at radius 2 is 1.79 bits per heavy atom. The van der Waals surface area contributed by atoms with Crippen molar-refractivity contribution in [2.24, 2.45) is 0 Å². The van der Waals surface area contributed by atoms with Crippen LogP contribution in [0, 0.1) is 5.82 Å². The zero-order chi connectivity index (χ0) is 14.7. The zero-order valence-corrected chi connectivity index (χ0v) is 11.7. The van der Waals surface area contributed by atoms with E-state index in [9.17, 15) is 22.7 Å². The second kappa shape index (κ2) is 5.69. The van der Waals surface area contributed by atoms with Gasteiger partial charge in [0.15, 0.2) is 14.6 Å². The Bertz CT molecular complexity index is 562. The molecule has 0 bridgehead atoms. The number of carboxylic acids is 1. The second-order valence-corrected chi connectivity index (χ2v) is 6.66. The lowest BCUT2D eigenvalue weighted by Gasteiger charge is -2.26. The average Bonchev–Trinajstić information content (AvgIpc) is 2.33. The fraction of sp³-hybridized carbons (Fsp3) is 0.462. The Hall–Kier alpha value is -1.43. The molecule has 0 saturated carbocycles. The summed E-state index contributed by atoms with van der Waals surface area (Å²) in [6.07, 6.45) is -0.0920. The zero-order valence-electron chi connectivity index (χ0n) is 10.9.